The van der Waals surface area contributed by atoms with Crippen molar-refractivity contribution >= 4 is 22.7 Å². The van der Waals surface area contributed by atoms with Crippen molar-refractivity contribution in [2.75, 3.05) is 6.54 Å². The Bertz CT molecular complexity index is 867. The molecule has 0 aliphatic carbocycles. The lowest BCUT2D eigenvalue weighted by Gasteiger charge is -2.07. The van der Waals surface area contributed by atoms with Crippen molar-refractivity contribution in [1.29, 1.82) is 0 Å². The molecule has 0 bridgehead atoms. The summed E-state index contributed by atoms with van der Waals surface area (Å²) >= 11 is 0. The topological polar surface area (TPSA) is 86.0 Å². The van der Waals surface area contributed by atoms with Crippen molar-refractivity contribution in [3.63, 3.8) is 0 Å². The molecule has 2 aromatic carbocycles. The number of hydrazine groups is 1. The first kappa shape index (κ1) is 17.7. The van der Waals surface area contributed by atoms with Crippen molar-refractivity contribution in [2.24, 2.45) is 0 Å². The fourth-order valence-electron chi connectivity index (χ4n) is 2.59. The van der Waals surface area contributed by atoms with Crippen LogP contribution in [0, 0.1) is 0 Å². The second-order valence-electron chi connectivity index (χ2n) is 6.03. The van der Waals surface area contributed by atoms with Gasteiger partial charge in [-0.05, 0) is 36.2 Å². The number of carbonyl (C=O) groups excluding carboxylic acids is 2. The zero-order valence-corrected chi connectivity index (χ0v) is 14.6. The molecule has 0 spiro atoms. The van der Waals surface area contributed by atoms with Gasteiger partial charge in [-0.1, -0.05) is 37.3 Å². The summed E-state index contributed by atoms with van der Waals surface area (Å²) in [7, 11) is 0. The Kier molecular flexibility index (Phi) is 5.66. The van der Waals surface area contributed by atoms with Crippen LogP contribution in [0.15, 0.2) is 54.6 Å². The van der Waals surface area contributed by atoms with Gasteiger partial charge in [0.05, 0.1) is 0 Å². The zero-order chi connectivity index (χ0) is 18.4. The van der Waals surface area contributed by atoms with Crippen LogP contribution in [0.25, 0.3) is 10.9 Å². The molecule has 3 aromatic rings. The lowest BCUT2D eigenvalue weighted by Crippen LogP contribution is -2.37. The van der Waals surface area contributed by atoms with Crippen molar-refractivity contribution in [3.05, 3.63) is 71.4 Å². The standard InChI is InChI=1S/C20H22N4O2/c1-2-11-22-24-19(25)15-9-7-14(8-10-15)13-21-20(26)18-12-16-5-3-4-6-17(16)23-18/h3-10,12,22-23H,2,11,13H2,1H3,(H,21,26)(H,24,25). The molecule has 0 radical (unpaired) electrons. The maximum absolute atomic E-state index is 12.3. The summed E-state index contributed by atoms with van der Waals surface area (Å²) in [6, 6.07) is 16.7. The average molecular weight is 350 g/mol. The molecule has 0 unspecified atom stereocenters. The van der Waals surface area contributed by atoms with Gasteiger partial charge in [-0.3, -0.25) is 15.0 Å². The Morgan fingerprint density at radius 3 is 2.50 bits per heavy atom. The van der Waals surface area contributed by atoms with Gasteiger partial charge >= 0.3 is 0 Å². The van der Waals surface area contributed by atoms with Crippen LogP contribution in [-0.2, 0) is 6.54 Å². The molecule has 1 aromatic heterocycles. The molecule has 0 saturated carbocycles. The minimum absolute atomic E-state index is 0.160. The number of nitrogens with one attached hydrogen (secondary N) is 4. The normalized spacial score (nSPS) is 10.7. The highest BCUT2D eigenvalue weighted by molar-refractivity contribution is 5.98. The molecule has 1 heterocycles. The van der Waals surface area contributed by atoms with Gasteiger partial charge in [-0.2, -0.15) is 0 Å². The van der Waals surface area contributed by atoms with E-state index in [1.54, 1.807) is 12.1 Å². The molecule has 6 nitrogen and oxygen atoms in total. The largest absolute Gasteiger partial charge is 0.351 e. The van der Waals surface area contributed by atoms with Crippen molar-refractivity contribution in [2.45, 2.75) is 19.9 Å². The van der Waals surface area contributed by atoms with Crippen LogP contribution in [-0.4, -0.2) is 23.3 Å². The van der Waals surface area contributed by atoms with Crippen molar-refractivity contribution in [1.82, 2.24) is 21.2 Å². The van der Waals surface area contributed by atoms with Gasteiger partial charge in [-0.15, -0.1) is 0 Å². The highest BCUT2D eigenvalue weighted by Gasteiger charge is 2.09. The zero-order valence-electron chi connectivity index (χ0n) is 14.6. The minimum Gasteiger partial charge on any atom is -0.351 e. The molecule has 26 heavy (non-hydrogen) atoms. The molecular weight excluding hydrogens is 328 g/mol. The summed E-state index contributed by atoms with van der Waals surface area (Å²) in [6.07, 6.45) is 0.940. The van der Waals surface area contributed by atoms with E-state index in [1.807, 2.05) is 49.4 Å². The summed E-state index contributed by atoms with van der Waals surface area (Å²) in [5, 5.41) is 3.89. The first-order chi connectivity index (χ1) is 12.7. The molecule has 6 heteroatoms. The number of H-pyrrole nitrogens is 1. The molecule has 0 atom stereocenters. The summed E-state index contributed by atoms with van der Waals surface area (Å²) in [4.78, 5) is 27.3. The number of aromatic amines is 1. The quantitative estimate of drug-likeness (QED) is 0.390. The van der Waals surface area contributed by atoms with Crippen LogP contribution < -0.4 is 16.2 Å². The SMILES string of the molecule is CCCNNC(=O)c1ccc(CNC(=O)c2cc3ccccc3[nH]2)cc1. The monoisotopic (exact) mass is 350 g/mol. The number of hydrogen-bond acceptors (Lipinski definition) is 3. The van der Waals surface area contributed by atoms with Crippen molar-refractivity contribution < 1.29 is 9.59 Å². The van der Waals surface area contributed by atoms with E-state index in [0.717, 1.165) is 29.4 Å². The second-order valence-corrected chi connectivity index (χ2v) is 6.03. The number of para-hydroxylation sites is 1. The van der Waals surface area contributed by atoms with Gasteiger partial charge in [0.15, 0.2) is 0 Å². The number of fused-ring (bicyclic) bond motifs is 1. The molecular formula is C20H22N4O2. The predicted molar refractivity (Wildman–Crippen MR) is 102 cm³/mol. The van der Waals surface area contributed by atoms with E-state index in [2.05, 4.69) is 21.2 Å². The number of hydrogen-bond donors (Lipinski definition) is 4. The van der Waals surface area contributed by atoms with Gasteiger partial charge < -0.3 is 10.3 Å². The van der Waals surface area contributed by atoms with Crippen LogP contribution in [0.5, 0.6) is 0 Å². The number of carbonyl (C=O) groups is 2. The fourth-order valence-corrected chi connectivity index (χ4v) is 2.59. The number of aromatic nitrogens is 1. The summed E-state index contributed by atoms with van der Waals surface area (Å²) in [5.41, 5.74) is 8.46. The lowest BCUT2D eigenvalue weighted by atomic mass is 10.1. The Hall–Kier alpha value is -3.12. The van der Waals surface area contributed by atoms with Crippen LogP contribution in [0.1, 0.15) is 39.8 Å². The maximum Gasteiger partial charge on any atom is 0.267 e. The summed E-state index contributed by atoms with van der Waals surface area (Å²) < 4.78 is 0. The third kappa shape index (κ3) is 4.29. The van der Waals surface area contributed by atoms with Crippen LogP contribution in [0.2, 0.25) is 0 Å². The highest BCUT2D eigenvalue weighted by atomic mass is 16.2. The van der Waals surface area contributed by atoms with E-state index in [9.17, 15) is 9.59 Å². The van der Waals surface area contributed by atoms with E-state index in [4.69, 9.17) is 0 Å². The molecule has 3 rings (SSSR count). The summed E-state index contributed by atoms with van der Waals surface area (Å²) in [6.45, 7) is 3.14. The van der Waals surface area contributed by atoms with Crippen LogP contribution in [0.4, 0.5) is 0 Å². The van der Waals surface area contributed by atoms with E-state index >= 15 is 0 Å². The first-order valence-electron chi connectivity index (χ1n) is 8.65. The van der Waals surface area contributed by atoms with Gasteiger partial charge in [0.2, 0.25) is 0 Å². The number of benzene rings is 2. The fraction of sp³-hybridized carbons (Fsp3) is 0.200. The Labute approximate surface area is 152 Å². The Morgan fingerprint density at radius 1 is 1.00 bits per heavy atom. The second kappa shape index (κ2) is 8.31. The Balaban J connectivity index is 1.55. The van der Waals surface area contributed by atoms with Gasteiger partial charge in [0, 0.05) is 29.6 Å². The molecule has 0 aliphatic heterocycles. The molecule has 134 valence electrons. The Morgan fingerprint density at radius 2 is 1.77 bits per heavy atom. The van der Waals surface area contributed by atoms with E-state index < -0.39 is 0 Å². The minimum atomic E-state index is -0.174. The molecule has 0 saturated heterocycles. The molecule has 0 aliphatic rings. The molecule has 4 N–H and O–H groups in total. The van der Waals surface area contributed by atoms with Gasteiger partial charge in [0.1, 0.15) is 5.69 Å². The third-order valence-electron chi connectivity index (χ3n) is 4.02. The number of amides is 2. The highest BCUT2D eigenvalue weighted by Crippen LogP contribution is 2.14. The maximum atomic E-state index is 12.3. The smallest absolute Gasteiger partial charge is 0.267 e. The van der Waals surface area contributed by atoms with Crippen molar-refractivity contribution in [3.8, 4) is 0 Å². The summed E-state index contributed by atoms with van der Waals surface area (Å²) in [5.74, 6) is -0.334. The molecule has 0 fully saturated rings. The lowest BCUT2D eigenvalue weighted by molar-refractivity contribution is 0.0929. The third-order valence-corrected chi connectivity index (χ3v) is 4.02. The number of rotatable bonds is 7. The van der Waals surface area contributed by atoms with Gasteiger partial charge in [0.25, 0.3) is 11.8 Å². The molecule has 2 amide bonds. The average Bonchev–Trinajstić information content (AvgIpc) is 3.11. The van der Waals surface area contributed by atoms with E-state index in [-0.39, 0.29) is 11.8 Å². The van der Waals surface area contributed by atoms with Crippen LogP contribution >= 0.6 is 0 Å². The van der Waals surface area contributed by atoms with E-state index in [1.165, 1.54) is 0 Å². The first-order valence-corrected chi connectivity index (χ1v) is 8.65. The van der Waals surface area contributed by atoms with Crippen LogP contribution in [0.3, 0.4) is 0 Å². The van der Waals surface area contributed by atoms with E-state index in [0.29, 0.717) is 17.8 Å². The van der Waals surface area contributed by atoms with Gasteiger partial charge in [-0.25, -0.2) is 5.43 Å². The predicted octanol–water partition coefficient (Wildman–Crippen LogP) is 2.74.